The first-order chi connectivity index (χ1) is 15.1. The molecule has 2 N–H and O–H groups in total. The highest BCUT2D eigenvalue weighted by Gasteiger charge is 2.26. The number of hydrogen-bond donors (Lipinski definition) is 2. The number of carbonyl (C=O) groups is 2. The number of nitrogens with one attached hydrogen (secondary N) is 2. The van der Waals surface area contributed by atoms with E-state index >= 15 is 0 Å². The summed E-state index contributed by atoms with van der Waals surface area (Å²) in [5.41, 5.74) is 3.60. The Bertz CT molecular complexity index is 1290. The van der Waals surface area contributed by atoms with Gasteiger partial charge in [-0.05, 0) is 38.0 Å². The molecule has 0 saturated heterocycles. The molecule has 0 unspecified atom stereocenters. The molecule has 31 heavy (non-hydrogen) atoms. The van der Waals surface area contributed by atoms with Gasteiger partial charge in [-0.15, -0.1) is 0 Å². The molecule has 4 aromatic rings. The first-order valence-electron chi connectivity index (χ1n) is 10.1. The molecule has 1 aliphatic carbocycles. The molecule has 7 heteroatoms. The number of aromatic nitrogens is 2. The number of para-hydroxylation sites is 1. The fourth-order valence-electron chi connectivity index (χ4n) is 3.50. The van der Waals surface area contributed by atoms with Gasteiger partial charge in [0.2, 0.25) is 0 Å². The quantitative estimate of drug-likeness (QED) is 0.508. The van der Waals surface area contributed by atoms with Crippen LogP contribution in [0.5, 0.6) is 0 Å². The molecule has 1 aliphatic rings. The second kappa shape index (κ2) is 7.68. The van der Waals surface area contributed by atoms with E-state index in [0.29, 0.717) is 39.3 Å². The maximum Gasteiger partial charge on any atom is 0.259 e. The number of carbonyl (C=O) groups excluding carboxylic acids is 2. The third kappa shape index (κ3) is 3.77. The first-order valence-corrected chi connectivity index (χ1v) is 10.1. The summed E-state index contributed by atoms with van der Waals surface area (Å²) in [6, 6.07) is 18.5. The number of aryl methyl sites for hydroxylation is 1. The van der Waals surface area contributed by atoms with Gasteiger partial charge in [0.15, 0.2) is 0 Å². The maximum absolute atomic E-state index is 13.3. The molecule has 0 bridgehead atoms. The van der Waals surface area contributed by atoms with Crippen LogP contribution in [0.2, 0.25) is 0 Å². The van der Waals surface area contributed by atoms with Gasteiger partial charge < -0.3 is 15.2 Å². The number of rotatable bonds is 5. The largest absolute Gasteiger partial charge is 0.349 e. The lowest BCUT2D eigenvalue weighted by molar-refractivity contribution is 0.0952. The number of hydrogen-bond acceptors (Lipinski definition) is 5. The van der Waals surface area contributed by atoms with Crippen LogP contribution in [0.1, 0.15) is 39.3 Å². The molecule has 2 aromatic heterocycles. The van der Waals surface area contributed by atoms with Crippen LogP contribution in [0, 0.1) is 6.92 Å². The van der Waals surface area contributed by atoms with Gasteiger partial charge in [0.05, 0.1) is 33.6 Å². The third-order valence-corrected chi connectivity index (χ3v) is 5.26. The third-order valence-electron chi connectivity index (χ3n) is 5.26. The minimum Gasteiger partial charge on any atom is -0.349 e. The van der Waals surface area contributed by atoms with Crippen LogP contribution in [0.3, 0.4) is 0 Å². The summed E-state index contributed by atoms with van der Waals surface area (Å²) in [5.74, 6) is -0.549. The Balaban J connectivity index is 1.53. The van der Waals surface area contributed by atoms with Crippen molar-refractivity contribution in [1.82, 2.24) is 15.5 Å². The van der Waals surface area contributed by atoms with Crippen LogP contribution < -0.4 is 10.6 Å². The van der Waals surface area contributed by atoms with E-state index in [2.05, 4.69) is 20.8 Å². The zero-order valence-electron chi connectivity index (χ0n) is 16.9. The van der Waals surface area contributed by atoms with Crippen molar-refractivity contribution < 1.29 is 14.1 Å². The van der Waals surface area contributed by atoms with E-state index in [1.165, 1.54) is 0 Å². The van der Waals surface area contributed by atoms with Crippen LogP contribution in [0.4, 0.5) is 5.69 Å². The molecule has 2 heterocycles. The van der Waals surface area contributed by atoms with Gasteiger partial charge in [-0.3, -0.25) is 9.59 Å². The van der Waals surface area contributed by atoms with Crippen molar-refractivity contribution in [2.45, 2.75) is 25.8 Å². The van der Waals surface area contributed by atoms with Gasteiger partial charge in [0.25, 0.3) is 17.5 Å². The van der Waals surface area contributed by atoms with E-state index < -0.39 is 0 Å². The fourth-order valence-corrected chi connectivity index (χ4v) is 3.50. The predicted octanol–water partition coefficient (Wildman–Crippen LogP) is 4.34. The van der Waals surface area contributed by atoms with Crippen molar-refractivity contribution in [3.63, 3.8) is 0 Å². The predicted molar refractivity (Wildman–Crippen MR) is 117 cm³/mol. The van der Waals surface area contributed by atoms with Crippen molar-refractivity contribution in [3.8, 4) is 11.3 Å². The number of fused-ring (bicyclic) bond motifs is 1. The monoisotopic (exact) mass is 412 g/mol. The van der Waals surface area contributed by atoms with Crippen LogP contribution in [0.25, 0.3) is 22.4 Å². The van der Waals surface area contributed by atoms with E-state index in [4.69, 9.17) is 4.52 Å². The molecule has 0 radical (unpaired) electrons. The normalized spacial score (nSPS) is 13.2. The molecule has 154 valence electrons. The molecule has 2 amide bonds. The van der Waals surface area contributed by atoms with Crippen LogP contribution in [0.15, 0.2) is 65.2 Å². The Morgan fingerprint density at radius 2 is 1.71 bits per heavy atom. The van der Waals surface area contributed by atoms with E-state index in [9.17, 15) is 9.59 Å². The van der Waals surface area contributed by atoms with Crippen LogP contribution in [-0.2, 0) is 0 Å². The van der Waals surface area contributed by atoms with Gasteiger partial charge in [-0.1, -0.05) is 47.6 Å². The Labute approximate surface area is 178 Å². The van der Waals surface area contributed by atoms with Gasteiger partial charge in [0.1, 0.15) is 0 Å². The second-order valence-electron chi connectivity index (χ2n) is 7.62. The van der Waals surface area contributed by atoms with Gasteiger partial charge in [0, 0.05) is 11.6 Å². The van der Waals surface area contributed by atoms with E-state index in [-0.39, 0.29) is 17.9 Å². The average molecular weight is 412 g/mol. The number of nitrogens with zero attached hydrogens (tertiary/aromatic N) is 2. The lowest BCUT2D eigenvalue weighted by Crippen LogP contribution is -2.27. The summed E-state index contributed by atoms with van der Waals surface area (Å²) >= 11 is 0. The van der Waals surface area contributed by atoms with Crippen molar-refractivity contribution >= 4 is 28.6 Å². The van der Waals surface area contributed by atoms with Crippen molar-refractivity contribution in [1.29, 1.82) is 0 Å². The first kappa shape index (κ1) is 19.0. The highest BCUT2D eigenvalue weighted by Crippen LogP contribution is 2.28. The lowest BCUT2D eigenvalue weighted by atomic mass is 10.0. The highest BCUT2D eigenvalue weighted by molar-refractivity contribution is 6.15. The molecular weight excluding hydrogens is 392 g/mol. The number of pyridine rings is 1. The van der Waals surface area contributed by atoms with Crippen LogP contribution in [-0.4, -0.2) is 28.0 Å². The second-order valence-corrected chi connectivity index (χ2v) is 7.62. The standard InChI is InChI=1S/C24H20N4O3/c1-14-21-18(13-20(27-24(21)31-28-14)15-7-3-2-4-8-15)23(30)26-19-10-6-5-9-17(19)22(29)25-16-11-12-16/h2-10,13,16H,11-12H2,1H3,(H,25,29)(H,26,30). The Morgan fingerprint density at radius 1 is 0.968 bits per heavy atom. The van der Waals surface area contributed by atoms with Gasteiger partial charge >= 0.3 is 0 Å². The molecule has 2 aromatic carbocycles. The van der Waals surface area contributed by atoms with Crippen LogP contribution >= 0.6 is 0 Å². The smallest absolute Gasteiger partial charge is 0.259 e. The summed E-state index contributed by atoms with van der Waals surface area (Å²) in [7, 11) is 0. The SMILES string of the molecule is Cc1noc2nc(-c3ccccc3)cc(C(=O)Nc3ccccc3C(=O)NC3CC3)c12. The number of amides is 2. The lowest BCUT2D eigenvalue weighted by Gasteiger charge is -2.12. The van der Waals surface area contributed by atoms with E-state index in [0.717, 1.165) is 18.4 Å². The minimum absolute atomic E-state index is 0.190. The molecule has 0 aliphatic heterocycles. The van der Waals surface area contributed by atoms with E-state index in [1.54, 1.807) is 37.3 Å². The highest BCUT2D eigenvalue weighted by atomic mass is 16.5. The number of benzene rings is 2. The Morgan fingerprint density at radius 3 is 2.48 bits per heavy atom. The summed E-state index contributed by atoms with van der Waals surface area (Å²) in [6.45, 7) is 1.77. The summed E-state index contributed by atoms with van der Waals surface area (Å²) < 4.78 is 5.36. The molecule has 1 fully saturated rings. The minimum atomic E-state index is -0.359. The number of anilines is 1. The van der Waals surface area contributed by atoms with E-state index in [1.807, 2.05) is 30.3 Å². The molecular formula is C24H20N4O3. The molecule has 1 saturated carbocycles. The molecule has 0 spiro atoms. The van der Waals surface area contributed by atoms with Gasteiger partial charge in [-0.25, -0.2) is 4.98 Å². The fraction of sp³-hybridized carbons (Fsp3) is 0.167. The van der Waals surface area contributed by atoms with Crippen molar-refractivity contribution in [2.75, 3.05) is 5.32 Å². The van der Waals surface area contributed by atoms with Crippen molar-refractivity contribution in [2.24, 2.45) is 0 Å². The Kier molecular flexibility index (Phi) is 4.71. The zero-order chi connectivity index (χ0) is 21.4. The summed E-state index contributed by atoms with van der Waals surface area (Å²) in [4.78, 5) is 30.5. The molecule has 7 nitrogen and oxygen atoms in total. The van der Waals surface area contributed by atoms with Crippen molar-refractivity contribution in [3.05, 3.63) is 77.5 Å². The molecule has 5 rings (SSSR count). The summed E-state index contributed by atoms with van der Waals surface area (Å²) in [5, 5.41) is 10.4. The zero-order valence-corrected chi connectivity index (χ0v) is 16.9. The average Bonchev–Trinajstić information content (AvgIpc) is 3.53. The Hall–Kier alpha value is -4.00. The topological polar surface area (TPSA) is 97.1 Å². The summed E-state index contributed by atoms with van der Waals surface area (Å²) in [6.07, 6.45) is 1.98. The van der Waals surface area contributed by atoms with Gasteiger partial charge in [-0.2, -0.15) is 0 Å². The molecule has 0 atom stereocenters. The maximum atomic E-state index is 13.3.